The first-order valence-electron chi connectivity index (χ1n) is 2.99. The summed E-state index contributed by atoms with van der Waals surface area (Å²) in [6.07, 6.45) is 2.59. The van der Waals surface area contributed by atoms with Gasteiger partial charge < -0.3 is 15.6 Å². The molecular weight excluding hydrogens is 164 g/mol. The van der Waals surface area contributed by atoms with Gasteiger partial charge in [-0.2, -0.15) is 0 Å². The fourth-order valence-corrected chi connectivity index (χ4v) is 0.773. The van der Waals surface area contributed by atoms with Gasteiger partial charge in [0.2, 0.25) is 0 Å². The maximum atomic E-state index is 10.9. The molecule has 0 saturated carbocycles. The van der Waals surface area contributed by atoms with E-state index in [0.29, 0.717) is 0 Å². The van der Waals surface area contributed by atoms with E-state index < -0.39 is 0 Å². The van der Waals surface area contributed by atoms with Crippen molar-refractivity contribution in [2.24, 2.45) is 0 Å². The monoisotopic (exact) mass is 168 g/mol. The van der Waals surface area contributed by atoms with Gasteiger partial charge in [-0.3, -0.25) is 0 Å². The zero-order valence-corrected chi connectivity index (χ0v) is 5.78. The first-order chi connectivity index (χ1) is 5.79. The van der Waals surface area contributed by atoms with Crippen molar-refractivity contribution < 1.29 is 9.53 Å². The number of nitrogens with two attached hydrogens (primary N) is 1. The second-order valence-corrected chi connectivity index (χ2v) is 1.98. The van der Waals surface area contributed by atoms with Crippen LogP contribution >= 0.6 is 0 Å². The normalized spacial score (nSPS) is 10.3. The van der Waals surface area contributed by atoms with Gasteiger partial charge in [0.15, 0.2) is 12.7 Å². The van der Waals surface area contributed by atoms with Gasteiger partial charge in [0.05, 0.1) is 0 Å². The van der Waals surface area contributed by atoms with Crippen molar-refractivity contribution in [1.29, 1.82) is 0 Å². The summed E-state index contributed by atoms with van der Waals surface area (Å²) in [5.41, 5.74) is 5.32. The lowest BCUT2D eigenvalue weighted by atomic mass is 10.6. The maximum Gasteiger partial charge on any atom is 0.351 e. The molecule has 12 heavy (non-hydrogen) atoms. The third-order valence-electron chi connectivity index (χ3n) is 1.25. The van der Waals surface area contributed by atoms with Gasteiger partial charge in [-0.25, -0.2) is 4.98 Å². The van der Waals surface area contributed by atoms with Gasteiger partial charge in [0.25, 0.3) is 5.82 Å². The third-order valence-corrected chi connectivity index (χ3v) is 1.25. The maximum absolute atomic E-state index is 10.9. The number of aromatic nitrogens is 5. The molecule has 0 radical (unpaired) electrons. The van der Waals surface area contributed by atoms with Crippen LogP contribution in [0.1, 0.15) is 0 Å². The Morgan fingerprint density at radius 2 is 2.50 bits per heavy atom. The molecule has 2 heterocycles. The number of hydrogen-bond donors (Lipinski definition) is 1. The smallest absolute Gasteiger partial charge is 0.351 e. The molecule has 62 valence electrons. The number of rotatable bonds is 1. The molecule has 0 amide bonds. The SMILES string of the molecule is Nc1no[n+]([O-])c1-n1cncn1. The summed E-state index contributed by atoms with van der Waals surface area (Å²) in [5.74, 6) is -0.0250. The summed E-state index contributed by atoms with van der Waals surface area (Å²) >= 11 is 0. The van der Waals surface area contributed by atoms with Crippen LogP contribution in [-0.2, 0) is 0 Å². The topological polar surface area (TPSA) is 110 Å². The van der Waals surface area contributed by atoms with E-state index >= 15 is 0 Å². The van der Waals surface area contributed by atoms with Crippen molar-refractivity contribution in [2.45, 2.75) is 0 Å². The van der Waals surface area contributed by atoms with Crippen LogP contribution < -0.4 is 10.6 Å². The average Bonchev–Trinajstić information content (AvgIpc) is 2.61. The molecule has 0 saturated heterocycles. The Balaban J connectivity index is 2.60. The minimum absolute atomic E-state index is 0.00694. The Bertz CT molecular complexity index is 359. The number of nitrogen functional groups attached to an aromatic ring is 1. The molecule has 2 aromatic rings. The molecule has 2 rings (SSSR count). The van der Waals surface area contributed by atoms with Gasteiger partial charge in [-0.05, 0) is 5.16 Å². The van der Waals surface area contributed by atoms with Gasteiger partial charge >= 0.3 is 5.82 Å². The Kier molecular flexibility index (Phi) is 1.20. The van der Waals surface area contributed by atoms with E-state index in [1.165, 1.54) is 17.3 Å². The molecule has 0 aliphatic heterocycles. The highest BCUT2D eigenvalue weighted by atomic mass is 16.8. The van der Waals surface area contributed by atoms with Crippen LogP contribution in [0.25, 0.3) is 5.82 Å². The average molecular weight is 168 g/mol. The van der Waals surface area contributed by atoms with Crippen molar-refractivity contribution in [3.8, 4) is 5.82 Å². The molecule has 2 aromatic heterocycles. The van der Waals surface area contributed by atoms with Crippen LogP contribution in [-0.4, -0.2) is 19.9 Å². The summed E-state index contributed by atoms with van der Waals surface area (Å²) in [6, 6.07) is 0. The summed E-state index contributed by atoms with van der Waals surface area (Å²) in [4.78, 5) is 3.79. The molecule has 0 atom stereocenters. The summed E-state index contributed by atoms with van der Waals surface area (Å²) in [6.45, 7) is 0. The summed E-state index contributed by atoms with van der Waals surface area (Å²) in [5, 5.41) is 17.8. The molecule has 8 heteroatoms. The molecule has 0 unspecified atom stereocenters. The number of nitrogens with zero attached hydrogens (tertiary/aromatic N) is 5. The third kappa shape index (κ3) is 0.779. The van der Waals surface area contributed by atoms with Gasteiger partial charge in [-0.1, -0.05) is 10.0 Å². The Labute approximate surface area is 65.7 Å². The highest BCUT2D eigenvalue weighted by Crippen LogP contribution is 2.05. The van der Waals surface area contributed by atoms with Crippen LogP contribution in [0.3, 0.4) is 0 Å². The molecule has 0 aromatic carbocycles. The van der Waals surface area contributed by atoms with Crippen LogP contribution in [0.15, 0.2) is 17.3 Å². The molecule has 0 aliphatic rings. The Hall–Kier alpha value is -2.12. The lowest BCUT2D eigenvalue weighted by Gasteiger charge is -1.91. The first-order valence-corrected chi connectivity index (χ1v) is 2.99. The molecule has 8 nitrogen and oxygen atoms in total. The highest BCUT2D eigenvalue weighted by molar-refractivity contribution is 5.39. The second kappa shape index (κ2) is 2.19. The molecule has 0 spiro atoms. The Morgan fingerprint density at radius 3 is 3.00 bits per heavy atom. The van der Waals surface area contributed by atoms with Crippen molar-refractivity contribution >= 4 is 5.82 Å². The first kappa shape index (κ1) is 6.58. The van der Waals surface area contributed by atoms with Gasteiger partial charge in [0.1, 0.15) is 0 Å². The largest absolute Gasteiger partial charge is 0.391 e. The van der Waals surface area contributed by atoms with E-state index in [9.17, 15) is 5.21 Å². The van der Waals surface area contributed by atoms with E-state index in [2.05, 4.69) is 19.9 Å². The van der Waals surface area contributed by atoms with E-state index in [1.54, 1.807) is 0 Å². The minimum Gasteiger partial charge on any atom is -0.391 e. The zero-order valence-electron chi connectivity index (χ0n) is 5.78. The van der Waals surface area contributed by atoms with Crippen molar-refractivity contribution in [1.82, 2.24) is 19.9 Å². The van der Waals surface area contributed by atoms with E-state index in [0.717, 1.165) is 0 Å². The minimum atomic E-state index is -0.0319. The molecule has 0 bridgehead atoms. The Morgan fingerprint density at radius 1 is 1.67 bits per heavy atom. The van der Waals surface area contributed by atoms with Gasteiger partial charge in [-0.15, -0.1) is 4.68 Å². The quantitative estimate of drug-likeness (QED) is 0.517. The lowest BCUT2D eigenvalue weighted by Crippen LogP contribution is -2.29. The van der Waals surface area contributed by atoms with Gasteiger partial charge in [0, 0.05) is 0 Å². The van der Waals surface area contributed by atoms with Crippen molar-refractivity contribution in [2.75, 3.05) is 5.73 Å². The van der Waals surface area contributed by atoms with Crippen LogP contribution in [0.4, 0.5) is 5.82 Å². The van der Waals surface area contributed by atoms with E-state index in [4.69, 9.17) is 5.73 Å². The van der Waals surface area contributed by atoms with Crippen LogP contribution in [0.2, 0.25) is 0 Å². The number of anilines is 1. The lowest BCUT2D eigenvalue weighted by molar-refractivity contribution is -0.797. The number of hydrogen-bond acceptors (Lipinski definition) is 6. The standard InChI is InChI=1S/C4H4N6O2/c5-3-4(10(11)12-8-3)9-2-6-1-7-9/h1-2H,(H2,5,8). The van der Waals surface area contributed by atoms with Crippen LogP contribution in [0, 0.1) is 5.21 Å². The summed E-state index contributed by atoms with van der Waals surface area (Å²) in [7, 11) is 0. The zero-order chi connectivity index (χ0) is 8.55. The van der Waals surface area contributed by atoms with E-state index in [-0.39, 0.29) is 16.5 Å². The predicted octanol–water partition coefficient (Wildman–Crippen LogP) is -1.53. The fourth-order valence-electron chi connectivity index (χ4n) is 0.773. The van der Waals surface area contributed by atoms with Crippen molar-refractivity contribution in [3.05, 3.63) is 17.9 Å². The van der Waals surface area contributed by atoms with Crippen LogP contribution in [0.5, 0.6) is 0 Å². The highest BCUT2D eigenvalue weighted by Gasteiger charge is 2.17. The predicted molar refractivity (Wildman–Crippen MR) is 34.8 cm³/mol. The molecule has 2 N–H and O–H groups in total. The second-order valence-electron chi connectivity index (χ2n) is 1.98. The van der Waals surface area contributed by atoms with Crippen molar-refractivity contribution in [3.63, 3.8) is 0 Å². The van der Waals surface area contributed by atoms with E-state index in [1.807, 2.05) is 0 Å². The fraction of sp³-hybridized carbons (Fsp3) is 0. The molecule has 0 fully saturated rings. The molecule has 0 aliphatic carbocycles. The summed E-state index contributed by atoms with van der Waals surface area (Å²) < 4.78 is 5.38. The molecular formula is C4H4N6O2.